The number of hydrogen-bond donors (Lipinski definition) is 1. The number of para-hydroxylation sites is 2. The number of nitrogens with one attached hydrogen (secondary N) is 1. The Labute approximate surface area is 637 Å². The lowest BCUT2D eigenvalue weighted by Gasteiger charge is -2.37. The first kappa shape index (κ1) is 84.5. The molecule has 0 spiro atoms. The number of halogens is 15. The van der Waals surface area contributed by atoms with Crippen molar-refractivity contribution in [1.29, 1.82) is 0 Å². The molecule has 4 bridgehead atoms. The summed E-state index contributed by atoms with van der Waals surface area (Å²) in [7, 11) is -4.37. The smallest absolute Gasteiger partial charge is 0.489 e. The molecule has 6 aliphatic carbocycles. The maximum atomic E-state index is 14.2. The Bertz CT molecular complexity index is 4830. The molecule has 4 heterocycles. The van der Waals surface area contributed by atoms with Gasteiger partial charge in [0.1, 0.15) is 63.0 Å². The van der Waals surface area contributed by atoms with E-state index in [9.17, 15) is 88.7 Å². The fourth-order valence-electron chi connectivity index (χ4n) is 14.3. The van der Waals surface area contributed by atoms with E-state index < -0.39 is 87.9 Å². The molecule has 21 nitrogen and oxygen atoms in total. The van der Waals surface area contributed by atoms with Gasteiger partial charge in [-0.05, 0) is 177 Å². The number of carbonyl (C=O) groups is 2. The first-order chi connectivity index (χ1) is 52.1. The molecular weight excluding hydrogens is 1590 g/mol. The number of nitrogens with zero attached hydrogens (tertiary/aromatic N) is 3. The van der Waals surface area contributed by atoms with Crippen LogP contribution in [0.2, 0.25) is 0 Å². The van der Waals surface area contributed by atoms with Crippen molar-refractivity contribution in [1.82, 2.24) is 20.3 Å². The van der Waals surface area contributed by atoms with Crippen LogP contribution in [0.25, 0.3) is 42.9 Å². The Kier molecular flexibility index (Phi) is 24.8. The Balaban J connectivity index is 0.000000180. The Morgan fingerprint density at radius 3 is 1.42 bits per heavy atom. The van der Waals surface area contributed by atoms with E-state index in [4.69, 9.17) is 42.5 Å². The van der Waals surface area contributed by atoms with E-state index in [1.54, 1.807) is 36.4 Å². The molecule has 6 fully saturated rings. The largest absolute Gasteiger partial charge is 0.573 e. The number of aromatic nitrogens is 4. The third kappa shape index (κ3) is 18.4. The number of H-pyrrole nitrogens is 1. The molecule has 0 aliphatic heterocycles. The molecule has 39 heteroatoms. The van der Waals surface area contributed by atoms with Crippen molar-refractivity contribution in [3.05, 3.63) is 116 Å². The number of esters is 2. The Morgan fingerprint density at radius 2 is 0.991 bits per heavy atom. The Hall–Kier alpha value is -8.40. The van der Waals surface area contributed by atoms with Crippen LogP contribution in [-0.4, -0.2) is 127 Å². The minimum atomic E-state index is -7.41. The van der Waals surface area contributed by atoms with Gasteiger partial charge in [-0.15, -0.1) is 26.3 Å². The molecule has 112 heavy (non-hydrogen) atoms. The number of rotatable bonds is 25. The fourth-order valence-corrected chi connectivity index (χ4v) is 17.2. The summed E-state index contributed by atoms with van der Waals surface area (Å²) in [5.41, 5.74) is 3.46. The molecule has 4 aromatic heterocycles. The zero-order chi connectivity index (χ0) is 80.2. The lowest BCUT2D eigenvalue weighted by Crippen LogP contribution is -2.63. The molecule has 4 atom stereocenters. The average molecular weight is 1660 g/mol. The van der Waals surface area contributed by atoms with Gasteiger partial charge in [-0.3, -0.25) is 8.98 Å². The number of alkyl halides is 15. The number of fused-ring (bicyclic) bond motifs is 6. The summed E-state index contributed by atoms with van der Waals surface area (Å²) in [6, 6.07) is 17.7. The minimum Gasteiger partial charge on any atom is -0.489 e. The summed E-state index contributed by atoms with van der Waals surface area (Å²) < 4.78 is 288. The number of benzene rings is 4. The van der Waals surface area contributed by atoms with Crippen molar-refractivity contribution < 1.29 is 140 Å². The molecule has 0 amide bonds. The van der Waals surface area contributed by atoms with Gasteiger partial charge in [0.2, 0.25) is 0 Å². The topological polar surface area (TPSA) is 258 Å². The molecule has 8 aromatic rings. The van der Waals surface area contributed by atoms with Gasteiger partial charge >= 0.3 is 62.9 Å². The van der Waals surface area contributed by atoms with Crippen molar-refractivity contribution in [2.75, 3.05) is 14.2 Å². The molecular formula is C73H75F15N4O17S3. The highest BCUT2D eigenvalue weighted by Gasteiger charge is 2.86. The summed E-state index contributed by atoms with van der Waals surface area (Å²) >= 11 is 2.42. The summed E-state index contributed by atoms with van der Waals surface area (Å²) in [6.07, 6.45) is -13.0. The molecule has 4 unspecified atom stereocenters. The number of hydrogen-bond acceptors (Lipinski definition) is 22. The van der Waals surface area contributed by atoms with Crippen LogP contribution in [0.4, 0.5) is 65.9 Å². The number of aromatic amines is 1. The van der Waals surface area contributed by atoms with E-state index in [-0.39, 0.29) is 122 Å². The predicted octanol–water partition coefficient (Wildman–Crippen LogP) is 19.2. The molecule has 0 saturated heterocycles. The van der Waals surface area contributed by atoms with Crippen LogP contribution >= 0.6 is 22.7 Å². The highest BCUT2D eigenvalue weighted by Crippen LogP contribution is 2.57. The number of carbonyl (C=O) groups excluding carboxylic acids is 2. The van der Waals surface area contributed by atoms with Crippen LogP contribution < -0.4 is 28.6 Å². The highest BCUT2D eigenvalue weighted by molar-refractivity contribution is 7.87. The van der Waals surface area contributed by atoms with Crippen LogP contribution in [0.15, 0.2) is 86.6 Å². The van der Waals surface area contributed by atoms with Gasteiger partial charge in [-0.25, -0.2) is 9.59 Å². The van der Waals surface area contributed by atoms with E-state index in [1.807, 2.05) is 27.7 Å². The van der Waals surface area contributed by atoms with E-state index in [0.717, 1.165) is 60.6 Å². The maximum Gasteiger partial charge on any atom is 0.573 e. The van der Waals surface area contributed by atoms with Crippen LogP contribution in [0, 0.1) is 23.7 Å². The zero-order valence-corrected chi connectivity index (χ0v) is 61.9. The van der Waals surface area contributed by atoms with Crippen molar-refractivity contribution in [2.24, 2.45) is 23.7 Å². The second-order valence-electron chi connectivity index (χ2n) is 28.1. The second kappa shape index (κ2) is 32.8. The van der Waals surface area contributed by atoms with E-state index in [2.05, 4.69) is 33.7 Å². The standard InChI is InChI=1S/C34H35F3N2O7S.C26H23F12NO6S.C12H13NO4S.CH4/c1-17(2)43-26-14-21(32(40)41-3)15-27-29(26)38-33(47-27)44-30-19-10-11-20(30)13-22(12-19)42-16-24-28(39-46-31(24)18-8-9-18)23-6-4-5-7-25(23)45-34(35,36)37;27-22(28,24(31,32)33)23(29,30)25(34,35)46(40,41)45-20-13-7-8-14(20)10-15(9-13)42-11-17-19(39-44-21(17)12-5-6-12)16-3-1-2-4-18(16)43-26(36,37)38;1-6(2)17-8-4-7(11(14)16-3)5-9-10(8)13-12(15)18-9;/h4-7,14-15,17-20,22,30H,8-13,16H2,1-3H3;1-4,12-15,20H,5-11H2;4-6H,1-3H3,(H,13,15);1H4. The second-order valence-corrected chi connectivity index (χ2v) is 31.7. The molecule has 6 aliphatic rings. The van der Waals surface area contributed by atoms with Crippen molar-refractivity contribution in [3.8, 4) is 50.7 Å². The molecule has 4 aromatic carbocycles. The first-order valence-corrected chi connectivity index (χ1v) is 38.0. The van der Waals surface area contributed by atoms with Gasteiger partial charge in [0.25, 0.3) is 5.19 Å². The minimum absolute atomic E-state index is 0. The van der Waals surface area contributed by atoms with Crippen molar-refractivity contribution in [2.45, 2.75) is 210 Å². The summed E-state index contributed by atoms with van der Waals surface area (Å²) in [6.45, 7) is 7.48. The lowest BCUT2D eigenvalue weighted by molar-refractivity contribution is -0.383. The fraction of sp³-hybridized carbons (Fsp3) is 0.534. The van der Waals surface area contributed by atoms with Crippen molar-refractivity contribution in [3.63, 3.8) is 0 Å². The van der Waals surface area contributed by atoms with E-state index in [0.29, 0.717) is 84.7 Å². The quantitative estimate of drug-likeness (QED) is 0.0317. The monoisotopic (exact) mass is 1660 g/mol. The van der Waals surface area contributed by atoms with Gasteiger partial charge in [0.15, 0.2) is 0 Å². The van der Waals surface area contributed by atoms with Gasteiger partial charge < -0.3 is 56.7 Å². The van der Waals surface area contributed by atoms with Gasteiger partial charge in [0.05, 0.1) is 78.5 Å². The molecule has 14 rings (SSSR count). The predicted molar refractivity (Wildman–Crippen MR) is 371 cm³/mol. The van der Waals surface area contributed by atoms with Gasteiger partial charge in [-0.1, -0.05) is 64.7 Å². The Morgan fingerprint density at radius 1 is 0.562 bits per heavy atom. The summed E-state index contributed by atoms with van der Waals surface area (Å²) in [5, 5.41) is 1.70. The zero-order valence-electron chi connectivity index (χ0n) is 59.4. The number of methoxy groups -OCH3 is 2. The third-order valence-electron chi connectivity index (χ3n) is 19.5. The molecule has 612 valence electrons. The van der Waals surface area contributed by atoms with Crippen LogP contribution in [0.3, 0.4) is 0 Å². The number of thiazole rings is 2. The van der Waals surface area contributed by atoms with E-state index in [1.165, 1.54) is 55.9 Å². The first-order valence-electron chi connectivity index (χ1n) is 35.0. The maximum absolute atomic E-state index is 14.2. The highest BCUT2D eigenvalue weighted by atomic mass is 32.2. The molecule has 6 saturated carbocycles. The summed E-state index contributed by atoms with van der Waals surface area (Å²) in [5.74, 6) is -15.9. The molecule has 0 radical (unpaired) electrons. The summed E-state index contributed by atoms with van der Waals surface area (Å²) in [4.78, 5) is 42.5. The normalized spacial score (nSPS) is 21.4. The lowest BCUT2D eigenvalue weighted by atomic mass is 9.84. The average Bonchev–Trinajstić information content (AvgIpc) is 1.18. The van der Waals surface area contributed by atoms with E-state index >= 15 is 0 Å². The van der Waals surface area contributed by atoms with Gasteiger partial charge in [-0.2, -0.15) is 52.9 Å². The third-order valence-corrected chi connectivity index (χ3v) is 22.6. The van der Waals surface area contributed by atoms with Crippen LogP contribution in [0.1, 0.15) is 167 Å². The van der Waals surface area contributed by atoms with Gasteiger partial charge in [0, 0.05) is 34.1 Å². The van der Waals surface area contributed by atoms with Crippen LogP contribution in [-0.2, 0) is 46.5 Å². The SMILES string of the molecule is C.COC(=O)c1cc(OC(C)C)c2[nH]c(=O)sc2c1.COC(=O)c1cc(OC(C)C)c2nc(OC3C4CCC3CC(OCc3c(-c5ccccc5OC(F)(F)F)noc3C3CC3)C4)sc2c1.O=S(=O)(OC1C2CCC1CC(OCc1c(-c3ccccc3OC(F)(F)F)noc1C1CC1)C2)C(F)(F)C(F)(F)C(F)(F)C(F)(F)F. The van der Waals surface area contributed by atoms with Crippen LogP contribution in [0.5, 0.6) is 28.2 Å². The molecule has 1 N–H and O–H groups in total. The van der Waals surface area contributed by atoms with Crippen molar-refractivity contribution >= 4 is 65.2 Å². The number of ether oxygens (including phenoxy) is 9.